The van der Waals surface area contributed by atoms with Crippen molar-refractivity contribution in [2.45, 2.75) is 95.4 Å². The third-order valence-electron chi connectivity index (χ3n) is 14.6. The first kappa shape index (κ1) is 63.0. The molecule has 2 aliphatic heterocycles. The maximum absolute atomic E-state index is 13.5. The molecule has 3 unspecified atom stereocenters. The van der Waals surface area contributed by atoms with Crippen molar-refractivity contribution >= 4 is 52.3 Å². The SMILES string of the molecule is CC(C)CC(C)(N)CNc1ccc(C(F)(F)F)c(C(=O)c2cccnc2N)n1.Nc1ncccc1C(=O)c1nc(N2CCNC(C3CC3)C2)ccc1C(F)(F)F.Nc1ncccc1C(=O)c1nc(N2CCNC(CC3CC3)C2)ccc1C(F)(F)F.[HH].[HH].[HH].[HH].[HH].[HH].[HH].[HH].[HH]. The molecule has 2 aliphatic carbocycles. The molecule has 6 aromatic rings. The molecule has 4 aliphatic rings. The van der Waals surface area contributed by atoms with Gasteiger partial charge in [-0.05, 0) is 123 Å². The number of carbonyl (C=O) groups is 3. The van der Waals surface area contributed by atoms with E-state index in [9.17, 15) is 53.9 Å². The van der Waals surface area contributed by atoms with Crippen LogP contribution in [0, 0.1) is 17.8 Å². The number of nitrogens with one attached hydrogen (secondary N) is 3. The largest absolute Gasteiger partial charge is 0.418 e. The van der Waals surface area contributed by atoms with E-state index in [2.05, 4.69) is 45.9 Å². The number of carbonyl (C=O) groups excluding carboxylic acids is 3. The first-order chi connectivity index (χ1) is 40.1. The number of pyridine rings is 6. The molecule has 27 heteroatoms. The van der Waals surface area contributed by atoms with E-state index >= 15 is 0 Å². The molecule has 4 fully saturated rings. The summed E-state index contributed by atoms with van der Waals surface area (Å²) in [6.45, 7) is 10.2. The van der Waals surface area contributed by atoms with Gasteiger partial charge < -0.3 is 48.7 Å². The van der Waals surface area contributed by atoms with E-state index in [0.717, 1.165) is 56.5 Å². The van der Waals surface area contributed by atoms with Gasteiger partial charge >= 0.3 is 18.5 Å². The average Bonchev–Trinajstić information content (AvgIpc) is 0.985. The van der Waals surface area contributed by atoms with Crippen LogP contribution in [0.1, 0.15) is 137 Å². The zero-order valence-electron chi connectivity index (χ0n) is 46.8. The number of hydrogen-bond donors (Lipinski definition) is 7. The van der Waals surface area contributed by atoms with Crippen LogP contribution in [0.2, 0.25) is 0 Å². The van der Waals surface area contributed by atoms with Gasteiger partial charge in [-0.3, -0.25) is 14.4 Å². The number of nitrogen functional groups attached to an aromatic ring is 3. The number of nitrogens with two attached hydrogens (primary N) is 4. The third-order valence-corrected chi connectivity index (χ3v) is 14.6. The molecule has 6 aromatic heterocycles. The zero-order valence-corrected chi connectivity index (χ0v) is 46.8. The van der Waals surface area contributed by atoms with Crippen molar-refractivity contribution in [3.05, 3.63) is 142 Å². The van der Waals surface area contributed by atoms with Crippen LogP contribution in [0.4, 0.5) is 74.4 Å². The van der Waals surface area contributed by atoms with Gasteiger partial charge in [0, 0.05) is 94.9 Å². The van der Waals surface area contributed by atoms with E-state index in [1.54, 1.807) is 0 Å². The van der Waals surface area contributed by atoms with Gasteiger partial charge in [0.15, 0.2) is 0 Å². The standard InChI is InChI=1S/C20H22F3N5O.C19H20F3N5O.C19H24F3N5O.9H2/c21-20(22,23)15-5-6-16(28-9-8-25-13(11-28)10-12-3-4-12)27-17(15)18(29)14-2-1-7-26-19(14)24;20-19(21,22)13-5-6-15(27-9-8-24-14(10-27)11-3-4-11)26-16(13)17(28)12-2-1-7-25-18(12)23;1-11(2)9-18(3,24)10-26-14-7-6-13(19(20,21)22)15(27-14)16(28)12-5-4-8-25-17(12)23;;;;;;;;;/h1-2,5-7,12-13,25H,3-4,8-11H2,(H2,24,26);1-2,5-7,11,14,24H,3-4,8-10H2,(H2,23,25);4-8,11H,9-10,24H2,1-3H3,(H2,23,25)(H,26,27);9*1H. The minimum atomic E-state index is -4.74. The topological polar surface area (TPSA) is 275 Å². The Morgan fingerprint density at radius 2 is 1.04 bits per heavy atom. The molecule has 0 amide bonds. The molecule has 18 nitrogen and oxygen atoms in total. The number of aromatic nitrogens is 6. The van der Waals surface area contributed by atoms with Gasteiger partial charge in [0.2, 0.25) is 17.3 Å². The predicted molar refractivity (Wildman–Crippen MR) is 322 cm³/mol. The second-order valence-corrected chi connectivity index (χ2v) is 22.2. The highest BCUT2D eigenvalue weighted by molar-refractivity contribution is 6.13. The van der Waals surface area contributed by atoms with Crippen LogP contribution < -0.4 is 48.7 Å². The molecule has 8 heterocycles. The van der Waals surface area contributed by atoms with Gasteiger partial charge in [0.05, 0.1) is 33.4 Å². The summed E-state index contributed by atoms with van der Waals surface area (Å²) in [5, 5.41) is 9.83. The first-order valence-electron chi connectivity index (χ1n) is 27.6. The van der Waals surface area contributed by atoms with Crippen molar-refractivity contribution in [2.75, 3.05) is 78.1 Å². The number of alkyl halides is 9. The lowest BCUT2D eigenvalue weighted by Crippen LogP contribution is -2.52. The highest BCUT2D eigenvalue weighted by Crippen LogP contribution is 2.39. The predicted octanol–water partition coefficient (Wildman–Crippen LogP) is 11.1. The quantitative estimate of drug-likeness (QED) is 0.0350. The fourth-order valence-corrected chi connectivity index (χ4v) is 10.3. The number of ketones is 3. The Balaban J connectivity index is 0. The molecule has 3 atom stereocenters. The lowest BCUT2D eigenvalue weighted by Gasteiger charge is -2.35. The number of nitrogens with zero attached hydrogens (tertiary/aromatic N) is 8. The highest BCUT2D eigenvalue weighted by Gasteiger charge is 2.41. The monoisotopic (exact) mass is 1210 g/mol. The van der Waals surface area contributed by atoms with Crippen LogP contribution in [0.3, 0.4) is 0 Å². The summed E-state index contributed by atoms with van der Waals surface area (Å²) in [7, 11) is 0. The van der Waals surface area contributed by atoms with Crippen LogP contribution >= 0.6 is 0 Å². The number of piperazine rings is 2. The second-order valence-electron chi connectivity index (χ2n) is 22.2. The van der Waals surface area contributed by atoms with E-state index in [1.807, 2.05) is 30.6 Å². The minimum Gasteiger partial charge on any atom is -0.383 e. The summed E-state index contributed by atoms with van der Waals surface area (Å²) in [5.41, 5.74) is 17.1. The third kappa shape index (κ3) is 16.4. The van der Waals surface area contributed by atoms with Crippen molar-refractivity contribution in [1.82, 2.24) is 40.5 Å². The fourth-order valence-electron chi connectivity index (χ4n) is 10.3. The van der Waals surface area contributed by atoms with Gasteiger partial charge in [-0.15, -0.1) is 0 Å². The van der Waals surface area contributed by atoms with Gasteiger partial charge in [0.1, 0.15) is 52.0 Å². The molecule has 2 saturated carbocycles. The smallest absolute Gasteiger partial charge is 0.383 e. The maximum atomic E-state index is 13.5. The second kappa shape index (κ2) is 26.1. The Labute approximate surface area is 497 Å². The van der Waals surface area contributed by atoms with E-state index in [1.165, 1.54) is 86.0 Å². The molecule has 0 spiro atoms. The number of hydrogen-bond acceptors (Lipinski definition) is 18. The van der Waals surface area contributed by atoms with Crippen molar-refractivity contribution in [1.29, 1.82) is 0 Å². The van der Waals surface area contributed by atoms with Crippen LogP contribution in [-0.2, 0) is 18.5 Å². The molecule has 0 aromatic carbocycles. The summed E-state index contributed by atoms with van der Waals surface area (Å²) in [4.78, 5) is 65.8. The van der Waals surface area contributed by atoms with Crippen LogP contribution in [0.15, 0.2) is 91.4 Å². The van der Waals surface area contributed by atoms with E-state index in [4.69, 9.17) is 22.9 Å². The molecule has 85 heavy (non-hydrogen) atoms. The number of halogens is 9. The highest BCUT2D eigenvalue weighted by atomic mass is 19.4. The molecule has 2 saturated heterocycles. The number of rotatable bonds is 16. The Morgan fingerprint density at radius 1 is 0.612 bits per heavy atom. The molecule has 0 radical (unpaired) electrons. The van der Waals surface area contributed by atoms with E-state index < -0.39 is 75.2 Å². The fraction of sp³-hybridized carbons (Fsp3) is 0.431. The lowest BCUT2D eigenvalue weighted by molar-refractivity contribution is -0.138. The average molecular weight is 1210 g/mol. The lowest BCUT2D eigenvalue weighted by atomic mass is 9.92. The van der Waals surface area contributed by atoms with Crippen LogP contribution in [0.5, 0.6) is 0 Å². The molecular formula is C58H84F9N15O3. The summed E-state index contributed by atoms with van der Waals surface area (Å²) in [6, 6.07) is 15.5. The molecule has 11 N–H and O–H groups in total. The summed E-state index contributed by atoms with van der Waals surface area (Å²) < 4.78 is 121. The van der Waals surface area contributed by atoms with E-state index in [0.29, 0.717) is 62.1 Å². The summed E-state index contributed by atoms with van der Waals surface area (Å²) in [6.07, 6.45) is -3.49. The summed E-state index contributed by atoms with van der Waals surface area (Å²) in [5.74, 6) is -0.561. The van der Waals surface area contributed by atoms with Gasteiger partial charge in [0.25, 0.3) is 0 Å². The van der Waals surface area contributed by atoms with Crippen LogP contribution in [-0.4, -0.2) is 111 Å². The molecule has 10 rings (SSSR count). The minimum absolute atomic E-state index is 0. The van der Waals surface area contributed by atoms with Crippen LogP contribution in [0.25, 0.3) is 0 Å². The first-order valence-corrected chi connectivity index (χ1v) is 27.6. The van der Waals surface area contributed by atoms with Gasteiger partial charge in [-0.2, -0.15) is 39.5 Å². The Hall–Kier alpha value is -8.04. The normalized spacial score (nSPS) is 18.1. The number of anilines is 6. The van der Waals surface area contributed by atoms with Crippen molar-refractivity contribution < 1.29 is 66.7 Å². The molecule has 0 bridgehead atoms. The molecule has 472 valence electrons. The van der Waals surface area contributed by atoms with Gasteiger partial charge in [-0.25, -0.2) is 29.9 Å². The van der Waals surface area contributed by atoms with Gasteiger partial charge in [-0.1, -0.05) is 26.7 Å². The summed E-state index contributed by atoms with van der Waals surface area (Å²) >= 11 is 0. The Bertz CT molecular complexity index is 3400. The van der Waals surface area contributed by atoms with E-state index in [-0.39, 0.29) is 65.4 Å². The Morgan fingerprint density at radius 3 is 1.45 bits per heavy atom. The van der Waals surface area contributed by atoms with Crippen molar-refractivity contribution in [3.8, 4) is 0 Å². The Kier molecular flexibility index (Phi) is 19.3. The van der Waals surface area contributed by atoms with Crippen molar-refractivity contribution in [2.24, 2.45) is 23.5 Å². The zero-order chi connectivity index (χ0) is 61.6. The molecular weight excluding hydrogens is 1130 g/mol. The van der Waals surface area contributed by atoms with Crippen molar-refractivity contribution in [3.63, 3.8) is 0 Å². The maximum Gasteiger partial charge on any atom is 0.418 e.